The van der Waals surface area contributed by atoms with Crippen LogP contribution in [-0.2, 0) is 22.3 Å². The minimum Gasteiger partial charge on any atom is -0.768 e. The first kappa shape index (κ1) is 20.9. The van der Waals surface area contributed by atoms with E-state index in [1.165, 1.54) is 6.07 Å². The van der Waals surface area contributed by atoms with Crippen LogP contribution in [0.4, 0.5) is 5.82 Å². The maximum Gasteiger partial charge on any atom is 0.261 e. The van der Waals surface area contributed by atoms with Crippen LogP contribution in [0.3, 0.4) is 0 Å². The third-order valence-electron chi connectivity index (χ3n) is 6.37. The smallest absolute Gasteiger partial charge is 0.261 e. The summed E-state index contributed by atoms with van der Waals surface area (Å²) in [6.07, 6.45) is 5.96. The second-order valence-corrected chi connectivity index (χ2v) is 9.22. The van der Waals surface area contributed by atoms with Gasteiger partial charge in [-0.25, -0.2) is 9.97 Å². The molecule has 32 heavy (non-hydrogen) atoms. The van der Waals surface area contributed by atoms with Gasteiger partial charge >= 0.3 is 0 Å². The number of aromatic amines is 1. The van der Waals surface area contributed by atoms with Crippen molar-refractivity contribution in [3.05, 3.63) is 42.4 Å². The number of nitrogens with zero attached hydrogens (tertiary/aromatic N) is 4. The van der Waals surface area contributed by atoms with Crippen molar-refractivity contribution in [1.29, 1.82) is 0 Å². The van der Waals surface area contributed by atoms with Crippen LogP contribution < -0.4 is 9.64 Å². The van der Waals surface area contributed by atoms with E-state index in [-0.39, 0.29) is 22.9 Å². The highest BCUT2D eigenvalue weighted by Crippen LogP contribution is 2.45. The van der Waals surface area contributed by atoms with Gasteiger partial charge in [-0.3, -0.25) is 9.00 Å². The third kappa shape index (κ3) is 3.73. The molecule has 5 rings (SSSR count). The maximum absolute atomic E-state index is 13.1. The second kappa shape index (κ2) is 8.18. The molecular weight excluding hydrogens is 430 g/mol. The standard InChI is InChI=1S/C22H25N5O4S/c1-2-15-11-16(32(29)30)3-4-18(15)31-12-19(28)27-10-9-26(13-22(27)6-7-22)21-17-5-8-23-20(17)24-14-25-21/h3-5,8,11,14H,2,6-7,9-10,12-13H2,1H3,(H,29,30)(H,23,24,25)/p-1. The molecule has 2 aliphatic rings. The topological polar surface area (TPSA) is 114 Å². The van der Waals surface area contributed by atoms with E-state index in [1.807, 2.05) is 24.1 Å². The summed E-state index contributed by atoms with van der Waals surface area (Å²) in [5.74, 6) is 1.40. The zero-order chi connectivity index (χ0) is 22.3. The number of hydrogen-bond donors (Lipinski definition) is 1. The highest BCUT2D eigenvalue weighted by atomic mass is 32.2. The summed E-state index contributed by atoms with van der Waals surface area (Å²) in [5, 5.41) is 0.987. The number of carbonyl (C=O) groups excluding carboxylic acids is 1. The monoisotopic (exact) mass is 454 g/mol. The van der Waals surface area contributed by atoms with Crippen molar-refractivity contribution in [1.82, 2.24) is 19.9 Å². The van der Waals surface area contributed by atoms with Crippen molar-refractivity contribution >= 4 is 33.8 Å². The Morgan fingerprint density at radius 2 is 2.12 bits per heavy atom. The molecule has 1 amide bonds. The number of ether oxygens (including phenoxy) is 1. The summed E-state index contributed by atoms with van der Waals surface area (Å²) in [5.41, 5.74) is 1.40. The Kier molecular flexibility index (Phi) is 5.34. The Morgan fingerprint density at radius 1 is 1.28 bits per heavy atom. The Labute approximate surface area is 188 Å². The molecule has 1 aromatic carbocycles. The SMILES string of the molecule is CCc1cc(S(=O)[O-])ccc1OCC(=O)N1CCN(c2ncnc3[nH]ccc23)CC12CC2. The molecule has 2 aromatic heterocycles. The van der Waals surface area contributed by atoms with Crippen LogP contribution in [0.2, 0.25) is 0 Å². The van der Waals surface area contributed by atoms with E-state index in [1.54, 1.807) is 18.5 Å². The van der Waals surface area contributed by atoms with Gasteiger partial charge in [0.2, 0.25) is 0 Å². The molecule has 1 N–H and O–H groups in total. The Morgan fingerprint density at radius 3 is 2.88 bits per heavy atom. The summed E-state index contributed by atoms with van der Waals surface area (Å²) in [4.78, 5) is 29.4. The number of piperazine rings is 1. The minimum absolute atomic E-state index is 0.0461. The van der Waals surface area contributed by atoms with E-state index in [0.717, 1.165) is 41.8 Å². The van der Waals surface area contributed by atoms with Crippen LogP contribution in [0, 0.1) is 0 Å². The third-order valence-corrected chi connectivity index (χ3v) is 7.01. The van der Waals surface area contributed by atoms with Crippen LogP contribution in [0.15, 0.2) is 41.7 Å². The first-order valence-electron chi connectivity index (χ1n) is 10.7. The molecule has 1 atom stereocenters. The molecule has 1 unspecified atom stereocenters. The number of anilines is 1. The lowest BCUT2D eigenvalue weighted by Crippen LogP contribution is -2.58. The number of H-pyrrole nitrogens is 1. The first-order valence-corrected chi connectivity index (χ1v) is 11.8. The summed E-state index contributed by atoms with van der Waals surface area (Å²) < 4.78 is 28.2. The normalized spacial score (nSPS) is 18.2. The molecule has 0 bridgehead atoms. The number of fused-ring (bicyclic) bond motifs is 1. The molecule has 3 aromatic rings. The van der Waals surface area contributed by atoms with Crippen molar-refractivity contribution in [3.8, 4) is 5.75 Å². The lowest BCUT2D eigenvalue weighted by atomic mass is 10.1. The molecule has 2 fully saturated rings. The molecular formula is C22H24N5O4S-. The van der Waals surface area contributed by atoms with Gasteiger partial charge < -0.3 is 24.1 Å². The fraction of sp³-hybridized carbons (Fsp3) is 0.409. The molecule has 9 nitrogen and oxygen atoms in total. The highest BCUT2D eigenvalue weighted by molar-refractivity contribution is 7.79. The summed E-state index contributed by atoms with van der Waals surface area (Å²) >= 11 is -2.29. The highest BCUT2D eigenvalue weighted by Gasteiger charge is 2.53. The Balaban J connectivity index is 1.27. The zero-order valence-electron chi connectivity index (χ0n) is 17.7. The summed E-state index contributed by atoms with van der Waals surface area (Å²) in [6, 6.07) is 6.69. The van der Waals surface area contributed by atoms with Crippen molar-refractivity contribution < 1.29 is 18.3 Å². The fourth-order valence-corrected chi connectivity index (χ4v) is 4.94. The van der Waals surface area contributed by atoms with Crippen LogP contribution in [-0.4, -0.2) is 66.3 Å². The van der Waals surface area contributed by atoms with Gasteiger partial charge in [-0.05, 0) is 60.2 Å². The second-order valence-electron chi connectivity index (χ2n) is 8.27. The number of hydrogen-bond acceptors (Lipinski definition) is 7. The lowest BCUT2D eigenvalue weighted by Gasteiger charge is -2.42. The van der Waals surface area contributed by atoms with Crippen molar-refractivity contribution in [2.45, 2.75) is 36.6 Å². The van der Waals surface area contributed by atoms with Crippen LogP contribution in [0.25, 0.3) is 11.0 Å². The lowest BCUT2D eigenvalue weighted by molar-refractivity contribution is -0.137. The number of benzene rings is 1. The Hall–Kier alpha value is -2.98. The van der Waals surface area contributed by atoms with E-state index >= 15 is 0 Å². The van der Waals surface area contributed by atoms with Crippen LogP contribution >= 0.6 is 0 Å². The van der Waals surface area contributed by atoms with E-state index < -0.39 is 11.1 Å². The van der Waals surface area contributed by atoms with E-state index in [2.05, 4.69) is 19.9 Å². The summed E-state index contributed by atoms with van der Waals surface area (Å²) in [7, 11) is 0. The molecule has 3 heterocycles. The number of rotatable bonds is 6. The van der Waals surface area contributed by atoms with Gasteiger partial charge in [0.15, 0.2) is 6.61 Å². The van der Waals surface area contributed by atoms with Crippen LogP contribution in [0.1, 0.15) is 25.3 Å². The van der Waals surface area contributed by atoms with Gasteiger partial charge in [-0.15, -0.1) is 0 Å². The van der Waals surface area contributed by atoms with Crippen molar-refractivity contribution in [3.63, 3.8) is 0 Å². The summed E-state index contributed by atoms with van der Waals surface area (Å²) in [6.45, 7) is 3.89. The van der Waals surface area contributed by atoms with E-state index in [4.69, 9.17) is 4.74 Å². The largest absolute Gasteiger partial charge is 0.768 e. The van der Waals surface area contributed by atoms with Gasteiger partial charge in [0.25, 0.3) is 5.91 Å². The van der Waals surface area contributed by atoms with Gasteiger partial charge in [0.05, 0.1) is 10.9 Å². The minimum atomic E-state index is -2.29. The average molecular weight is 455 g/mol. The molecule has 1 saturated carbocycles. The number of nitrogens with one attached hydrogen (secondary N) is 1. The number of aryl methyl sites for hydroxylation is 1. The zero-order valence-corrected chi connectivity index (χ0v) is 18.6. The number of amides is 1. The van der Waals surface area contributed by atoms with E-state index in [0.29, 0.717) is 25.3 Å². The van der Waals surface area contributed by atoms with Crippen molar-refractivity contribution in [2.75, 3.05) is 31.1 Å². The molecule has 1 aliphatic heterocycles. The van der Waals surface area contributed by atoms with Gasteiger partial charge in [0, 0.05) is 30.7 Å². The predicted octanol–water partition coefficient (Wildman–Crippen LogP) is 2.02. The maximum atomic E-state index is 13.1. The molecule has 168 valence electrons. The predicted molar refractivity (Wildman–Crippen MR) is 118 cm³/mol. The molecule has 1 aliphatic carbocycles. The van der Waals surface area contributed by atoms with E-state index in [9.17, 15) is 13.6 Å². The Bertz CT molecular complexity index is 1190. The van der Waals surface area contributed by atoms with Crippen molar-refractivity contribution in [2.24, 2.45) is 0 Å². The molecule has 10 heteroatoms. The van der Waals surface area contributed by atoms with Gasteiger partial charge in [-0.1, -0.05) is 6.92 Å². The van der Waals surface area contributed by atoms with Crippen LogP contribution in [0.5, 0.6) is 5.75 Å². The fourth-order valence-electron chi connectivity index (χ4n) is 4.52. The molecule has 1 saturated heterocycles. The first-order chi connectivity index (χ1) is 15.5. The molecule has 0 radical (unpaired) electrons. The van der Waals surface area contributed by atoms with Gasteiger partial charge in [-0.2, -0.15) is 0 Å². The molecule has 1 spiro atoms. The number of aromatic nitrogens is 3. The quantitative estimate of drug-likeness (QED) is 0.567. The van der Waals surface area contributed by atoms with Gasteiger partial charge in [0.1, 0.15) is 23.5 Å². The number of carbonyl (C=O) groups is 1. The average Bonchev–Trinajstić information content (AvgIpc) is 3.38.